The molecule has 7 nitrogen and oxygen atoms in total. The Labute approximate surface area is 220 Å². The number of alkyl halides is 3. The molecule has 2 heterocycles. The van der Waals surface area contributed by atoms with Crippen molar-refractivity contribution in [3.05, 3.63) is 51.6 Å². The van der Waals surface area contributed by atoms with Gasteiger partial charge in [0, 0.05) is 28.7 Å². The predicted octanol–water partition coefficient (Wildman–Crippen LogP) is 5.82. The lowest BCUT2D eigenvalue weighted by Gasteiger charge is -2.31. The van der Waals surface area contributed by atoms with Gasteiger partial charge in [-0.3, -0.25) is 9.48 Å². The minimum atomic E-state index is -4.98. The van der Waals surface area contributed by atoms with Gasteiger partial charge in [-0.05, 0) is 57.7 Å². The zero-order valence-corrected chi connectivity index (χ0v) is 21.5. The zero-order valence-electron chi connectivity index (χ0n) is 20.0. The average molecular weight is 562 g/mol. The van der Waals surface area contributed by atoms with Gasteiger partial charge in [0.1, 0.15) is 0 Å². The molecule has 0 unspecified atom stereocenters. The van der Waals surface area contributed by atoms with E-state index >= 15 is 4.39 Å². The van der Waals surface area contributed by atoms with Crippen molar-refractivity contribution in [2.24, 2.45) is 0 Å². The van der Waals surface area contributed by atoms with Crippen LogP contribution in [0.2, 0.25) is 10.2 Å². The van der Waals surface area contributed by atoms with E-state index in [1.54, 1.807) is 13.8 Å². The van der Waals surface area contributed by atoms with Gasteiger partial charge >= 0.3 is 6.18 Å². The van der Waals surface area contributed by atoms with E-state index in [9.17, 15) is 23.1 Å². The highest BCUT2D eigenvalue weighted by Gasteiger charge is 2.38. The number of nitrogens with one attached hydrogen (secondary N) is 2. The molecule has 1 saturated carbocycles. The summed E-state index contributed by atoms with van der Waals surface area (Å²) in [6.07, 6.45) is -1.38. The van der Waals surface area contributed by atoms with E-state index in [0.29, 0.717) is 25.7 Å². The standard InChI is InChI=1S/C24H25Cl2F4N5O2/c1-23(2,37)11-35-10-16(21(26)34-35)22(36)32-14-5-3-4-13(9-14)31-19-15-8-12(25)6-7-17(15)33-20(18(19)27)24(28,29)30/h6-8,10,13-14,37H,3-5,9,11H2,1-2H3,(H,31,33)(H,32,36)/t13-,14+/m0/s1. The third-order valence-corrected chi connectivity index (χ3v) is 6.54. The Kier molecular flexibility index (Phi) is 7.60. The number of fused-ring (bicyclic) bond motifs is 1. The van der Waals surface area contributed by atoms with Crippen molar-refractivity contribution in [1.29, 1.82) is 0 Å². The van der Waals surface area contributed by atoms with Crippen molar-refractivity contribution >= 4 is 45.7 Å². The van der Waals surface area contributed by atoms with E-state index in [1.165, 1.54) is 29.1 Å². The molecule has 0 radical (unpaired) electrons. The summed E-state index contributed by atoms with van der Waals surface area (Å²) in [5.41, 5.74) is -2.90. The van der Waals surface area contributed by atoms with Crippen molar-refractivity contribution in [2.75, 3.05) is 5.32 Å². The van der Waals surface area contributed by atoms with E-state index in [-0.39, 0.29) is 44.9 Å². The lowest BCUT2D eigenvalue weighted by Crippen LogP contribution is -2.42. The Hall–Kier alpha value is -2.63. The fourth-order valence-corrected chi connectivity index (χ4v) is 4.89. The van der Waals surface area contributed by atoms with Crippen molar-refractivity contribution in [3.63, 3.8) is 0 Å². The molecule has 13 heteroatoms. The second-order valence-electron chi connectivity index (χ2n) is 9.83. The Morgan fingerprint density at radius 1 is 1.22 bits per heavy atom. The minimum absolute atomic E-state index is 0.0193. The summed E-state index contributed by atoms with van der Waals surface area (Å²) in [6.45, 7) is 3.32. The molecule has 1 aliphatic carbocycles. The molecule has 4 rings (SSSR count). The van der Waals surface area contributed by atoms with Crippen LogP contribution >= 0.6 is 23.2 Å². The van der Waals surface area contributed by atoms with Gasteiger partial charge in [0.25, 0.3) is 5.91 Å². The number of nitrogens with zero attached hydrogens (tertiary/aromatic N) is 3. The SMILES string of the molecule is CC(C)(O)Cn1cc(C(=O)N[C@@H]2CCC[C@H](Nc3c(F)c(C(F)(F)F)nc4ccc(Cl)cc34)C2)c(Cl)n1. The third-order valence-electron chi connectivity index (χ3n) is 6.02. The topological polar surface area (TPSA) is 92.1 Å². The van der Waals surface area contributed by atoms with Crippen LogP contribution in [-0.4, -0.2) is 43.5 Å². The van der Waals surface area contributed by atoms with Crippen molar-refractivity contribution < 1.29 is 27.5 Å². The molecule has 1 fully saturated rings. The maximum atomic E-state index is 15.1. The molecule has 37 heavy (non-hydrogen) atoms. The molecule has 0 saturated heterocycles. The molecule has 0 bridgehead atoms. The zero-order chi connectivity index (χ0) is 27.1. The van der Waals surface area contributed by atoms with E-state index in [1.807, 2.05) is 0 Å². The van der Waals surface area contributed by atoms with Gasteiger partial charge in [-0.2, -0.15) is 18.3 Å². The van der Waals surface area contributed by atoms with Crippen LogP contribution in [0.3, 0.4) is 0 Å². The minimum Gasteiger partial charge on any atom is -0.389 e. The molecular weight excluding hydrogens is 537 g/mol. The smallest absolute Gasteiger partial charge is 0.389 e. The highest BCUT2D eigenvalue weighted by atomic mass is 35.5. The van der Waals surface area contributed by atoms with E-state index < -0.39 is 35.2 Å². The van der Waals surface area contributed by atoms with Gasteiger partial charge in [0.2, 0.25) is 0 Å². The number of carbonyl (C=O) groups is 1. The largest absolute Gasteiger partial charge is 0.436 e. The highest BCUT2D eigenvalue weighted by Crippen LogP contribution is 2.38. The number of rotatable bonds is 6. The number of hydrogen-bond acceptors (Lipinski definition) is 5. The lowest BCUT2D eigenvalue weighted by atomic mass is 9.90. The number of aliphatic hydroxyl groups is 1. The molecule has 3 aromatic rings. The summed E-state index contributed by atoms with van der Waals surface area (Å²) in [6, 6.07) is 3.30. The number of benzene rings is 1. The van der Waals surface area contributed by atoms with Crippen LogP contribution < -0.4 is 10.6 Å². The van der Waals surface area contributed by atoms with Gasteiger partial charge in [-0.25, -0.2) is 9.37 Å². The summed E-state index contributed by atoms with van der Waals surface area (Å²) in [5.74, 6) is -1.97. The number of halogens is 6. The Morgan fingerprint density at radius 3 is 2.59 bits per heavy atom. The lowest BCUT2D eigenvalue weighted by molar-refractivity contribution is -0.143. The molecule has 1 aliphatic rings. The molecule has 0 spiro atoms. The maximum absolute atomic E-state index is 15.1. The normalized spacial score (nSPS) is 18.7. The number of pyridine rings is 1. The molecule has 2 atom stereocenters. The summed E-state index contributed by atoms with van der Waals surface area (Å²) < 4.78 is 56.9. The van der Waals surface area contributed by atoms with Crippen LogP contribution in [0.5, 0.6) is 0 Å². The summed E-state index contributed by atoms with van der Waals surface area (Å²) in [5, 5.41) is 20.2. The molecule has 0 aliphatic heterocycles. The van der Waals surface area contributed by atoms with Crippen LogP contribution in [0.1, 0.15) is 55.6 Å². The van der Waals surface area contributed by atoms with Crippen LogP contribution in [0.4, 0.5) is 23.2 Å². The second-order valence-corrected chi connectivity index (χ2v) is 10.6. The van der Waals surface area contributed by atoms with Crippen LogP contribution in [0.25, 0.3) is 10.9 Å². The van der Waals surface area contributed by atoms with Gasteiger partial charge in [-0.1, -0.05) is 23.2 Å². The molecular formula is C24H25Cl2F4N5O2. The summed E-state index contributed by atoms with van der Waals surface area (Å²) in [4.78, 5) is 16.3. The van der Waals surface area contributed by atoms with Gasteiger partial charge in [-0.15, -0.1) is 0 Å². The van der Waals surface area contributed by atoms with E-state index in [4.69, 9.17) is 23.2 Å². The third kappa shape index (κ3) is 6.45. The van der Waals surface area contributed by atoms with Crippen molar-refractivity contribution in [1.82, 2.24) is 20.1 Å². The summed E-state index contributed by atoms with van der Waals surface area (Å²) >= 11 is 12.1. The van der Waals surface area contributed by atoms with Crippen LogP contribution in [0, 0.1) is 5.82 Å². The monoisotopic (exact) mass is 561 g/mol. The fourth-order valence-electron chi connectivity index (χ4n) is 4.49. The summed E-state index contributed by atoms with van der Waals surface area (Å²) in [7, 11) is 0. The van der Waals surface area contributed by atoms with Gasteiger partial charge < -0.3 is 15.7 Å². The Bertz CT molecular complexity index is 1320. The molecule has 2 aromatic heterocycles. The first-order chi connectivity index (χ1) is 17.2. The second kappa shape index (κ2) is 10.3. The van der Waals surface area contributed by atoms with E-state index in [2.05, 4.69) is 20.7 Å². The van der Waals surface area contributed by atoms with Crippen LogP contribution in [-0.2, 0) is 12.7 Å². The van der Waals surface area contributed by atoms with Crippen molar-refractivity contribution in [2.45, 2.75) is 69.9 Å². The molecule has 200 valence electrons. The van der Waals surface area contributed by atoms with Gasteiger partial charge in [0.15, 0.2) is 16.7 Å². The maximum Gasteiger partial charge on any atom is 0.436 e. The van der Waals surface area contributed by atoms with Gasteiger partial charge in [0.05, 0.1) is 28.9 Å². The number of aromatic nitrogens is 3. The molecule has 1 amide bonds. The van der Waals surface area contributed by atoms with Crippen LogP contribution in [0.15, 0.2) is 24.4 Å². The van der Waals surface area contributed by atoms with E-state index in [0.717, 1.165) is 0 Å². The number of amides is 1. The Morgan fingerprint density at radius 2 is 1.92 bits per heavy atom. The average Bonchev–Trinajstić information content (AvgIpc) is 3.13. The first-order valence-electron chi connectivity index (χ1n) is 11.6. The van der Waals surface area contributed by atoms with Crippen molar-refractivity contribution in [3.8, 4) is 0 Å². The first-order valence-corrected chi connectivity index (χ1v) is 12.4. The number of hydrogen-bond donors (Lipinski definition) is 3. The molecule has 3 N–H and O–H groups in total. The number of anilines is 1. The fraction of sp³-hybridized carbons (Fsp3) is 0.458. The first kappa shape index (κ1) is 27.4. The highest BCUT2D eigenvalue weighted by molar-refractivity contribution is 6.32. The quantitative estimate of drug-likeness (QED) is 0.330. The predicted molar refractivity (Wildman–Crippen MR) is 132 cm³/mol. The number of carbonyl (C=O) groups excluding carboxylic acids is 1. The Balaban J connectivity index is 1.53. The molecule has 1 aromatic carbocycles.